The molecule has 18 heavy (non-hydrogen) atoms. The van der Waals surface area contributed by atoms with Crippen LogP contribution in [0.2, 0.25) is 0 Å². The number of nitrogens with zero attached hydrogens (tertiary/aromatic N) is 1. The maximum Gasteiger partial charge on any atom is 0.321 e. The van der Waals surface area contributed by atoms with Gasteiger partial charge in [0.15, 0.2) is 23.4 Å². The van der Waals surface area contributed by atoms with Crippen molar-refractivity contribution in [1.82, 2.24) is 0 Å². The van der Waals surface area contributed by atoms with Crippen LogP contribution >= 0.6 is 0 Å². The summed E-state index contributed by atoms with van der Waals surface area (Å²) < 4.78 is 0. The molecule has 0 aromatic rings. The van der Waals surface area contributed by atoms with Gasteiger partial charge in [-0.1, -0.05) is 0 Å². The smallest absolute Gasteiger partial charge is 0.321 e. The summed E-state index contributed by atoms with van der Waals surface area (Å²) in [6.07, 6.45) is 0.641. The van der Waals surface area contributed by atoms with Crippen molar-refractivity contribution in [1.29, 1.82) is 0 Å². The minimum Gasteiger partial charge on any atom is -0.480 e. The summed E-state index contributed by atoms with van der Waals surface area (Å²) in [7, 11) is 0. The van der Waals surface area contributed by atoms with Gasteiger partial charge < -0.3 is 22.3 Å². The summed E-state index contributed by atoms with van der Waals surface area (Å²) in [6, 6.07) is -1.01. The number of carbonyl (C=O) groups is 3. The Bertz CT molecular complexity index is 349. The predicted octanol–water partition coefficient (Wildman–Crippen LogP) is -1.77. The van der Waals surface area contributed by atoms with Gasteiger partial charge in [-0.2, -0.15) is 0 Å². The van der Waals surface area contributed by atoms with Crippen molar-refractivity contribution in [2.45, 2.75) is 25.8 Å². The minimum atomic E-state index is -1.69. The summed E-state index contributed by atoms with van der Waals surface area (Å²) in [5, 5.41) is 8.76. The Morgan fingerprint density at radius 3 is 2.22 bits per heavy atom. The fourth-order valence-electron chi connectivity index (χ4n) is 1.37. The molecular formula is C10H18N4O4. The second-order valence-corrected chi connectivity index (χ2v) is 3.84. The van der Waals surface area contributed by atoms with Gasteiger partial charge in [0.1, 0.15) is 0 Å². The van der Waals surface area contributed by atoms with Gasteiger partial charge in [0.05, 0.1) is 6.04 Å². The number of carboxylic acid groups (broad SMARTS) is 1. The van der Waals surface area contributed by atoms with Crippen molar-refractivity contribution >= 4 is 23.5 Å². The first-order valence-corrected chi connectivity index (χ1v) is 5.35. The molecule has 0 saturated carbocycles. The van der Waals surface area contributed by atoms with E-state index in [1.807, 2.05) is 0 Å². The average molecular weight is 258 g/mol. The zero-order valence-corrected chi connectivity index (χ0v) is 10.1. The topological polar surface area (TPSA) is 162 Å². The number of ketones is 2. The van der Waals surface area contributed by atoms with Crippen LogP contribution in [-0.2, 0) is 14.4 Å². The lowest BCUT2D eigenvalue weighted by molar-refractivity contribution is -0.150. The van der Waals surface area contributed by atoms with E-state index in [4.69, 9.17) is 22.3 Å². The van der Waals surface area contributed by atoms with Gasteiger partial charge in [0, 0.05) is 6.54 Å². The van der Waals surface area contributed by atoms with E-state index < -0.39 is 29.5 Å². The Morgan fingerprint density at radius 1 is 1.28 bits per heavy atom. The summed E-state index contributed by atoms with van der Waals surface area (Å²) >= 11 is 0. The molecule has 102 valence electrons. The molecule has 0 aliphatic heterocycles. The lowest BCUT2D eigenvalue weighted by atomic mass is 9.93. The third-order valence-corrected chi connectivity index (χ3v) is 2.27. The fraction of sp³-hybridized carbons (Fsp3) is 0.600. The maximum absolute atomic E-state index is 11.6. The lowest BCUT2D eigenvalue weighted by Crippen LogP contribution is -2.42. The molecule has 0 saturated heterocycles. The molecule has 2 atom stereocenters. The van der Waals surface area contributed by atoms with E-state index in [0.29, 0.717) is 13.0 Å². The maximum atomic E-state index is 11.6. The van der Waals surface area contributed by atoms with Crippen LogP contribution in [0.4, 0.5) is 0 Å². The van der Waals surface area contributed by atoms with Crippen LogP contribution < -0.4 is 17.2 Å². The van der Waals surface area contributed by atoms with Crippen molar-refractivity contribution in [3.05, 3.63) is 0 Å². The third-order valence-electron chi connectivity index (χ3n) is 2.27. The van der Waals surface area contributed by atoms with E-state index in [1.54, 1.807) is 0 Å². The number of Topliss-reactive ketones (excluding diaryl/α,β-unsaturated/α-hetero) is 2. The normalized spacial score (nSPS) is 13.4. The van der Waals surface area contributed by atoms with Crippen molar-refractivity contribution < 1.29 is 19.5 Å². The molecule has 0 fully saturated rings. The Hall–Kier alpha value is -1.96. The first kappa shape index (κ1) is 16.0. The quantitative estimate of drug-likeness (QED) is 0.173. The molecule has 0 radical (unpaired) electrons. The van der Waals surface area contributed by atoms with Gasteiger partial charge in [-0.25, -0.2) is 0 Å². The monoisotopic (exact) mass is 258 g/mol. The highest BCUT2D eigenvalue weighted by Gasteiger charge is 2.33. The number of nitrogens with two attached hydrogens (primary N) is 3. The first-order chi connectivity index (χ1) is 8.27. The summed E-state index contributed by atoms with van der Waals surface area (Å²) in [4.78, 5) is 37.1. The van der Waals surface area contributed by atoms with Crippen LogP contribution in [0.3, 0.4) is 0 Å². The molecule has 0 aromatic carbocycles. The van der Waals surface area contributed by atoms with Crippen LogP contribution in [0.5, 0.6) is 0 Å². The number of hydrogen-bond donors (Lipinski definition) is 4. The molecule has 0 rings (SSSR count). The van der Waals surface area contributed by atoms with Crippen molar-refractivity contribution in [2.24, 2.45) is 28.1 Å². The average Bonchev–Trinajstić information content (AvgIpc) is 2.22. The molecule has 8 nitrogen and oxygen atoms in total. The van der Waals surface area contributed by atoms with E-state index in [1.165, 1.54) is 0 Å². The number of carboxylic acids is 1. The van der Waals surface area contributed by atoms with Crippen molar-refractivity contribution in [3.63, 3.8) is 0 Å². The minimum absolute atomic E-state index is 0.0675. The molecule has 0 amide bonds. The summed E-state index contributed by atoms with van der Waals surface area (Å²) in [5.74, 6) is -4.76. The SMILES string of the molecule is CC(=O)C(C(=O)O)C(=O)C(N)CCCN=C(N)N. The molecule has 0 aliphatic carbocycles. The second-order valence-electron chi connectivity index (χ2n) is 3.84. The number of carbonyl (C=O) groups excluding carboxylic acids is 2. The Labute approximate surface area is 104 Å². The number of hydrogen-bond acceptors (Lipinski definition) is 5. The molecule has 0 bridgehead atoms. The van der Waals surface area contributed by atoms with E-state index in [2.05, 4.69) is 4.99 Å². The molecule has 2 unspecified atom stereocenters. The van der Waals surface area contributed by atoms with Crippen LogP contribution in [0, 0.1) is 5.92 Å². The molecule has 8 heteroatoms. The molecule has 0 heterocycles. The van der Waals surface area contributed by atoms with E-state index in [-0.39, 0.29) is 12.4 Å². The molecule has 0 aromatic heterocycles. The van der Waals surface area contributed by atoms with E-state index >= 15 is 0 Å². The van der Waals surface area contributed by atoms with Crippen molar-refractivity contribution in [3.8, 4) is 0 Å². The Morgan fingerprint density at radius 2 is 1.83 bits per heavy atom. The fourth-order valence-corrected chi connectivity index (χ4v) is 1.37. The predicted molar refractivity (Wildman–Crippen MR) is 64.7 cm³/mol. The van der Waals surface area contributed by atoms with Crippen LogP contribution in [0.1, 0.15) is 19.8 Å². The summed E-state index contributed by atoms with van der Waals surface area (Å²) in [5.41, 5.74) is 15.7. The van der Waals surface area contributed by atoms with Gasteiger partial charge in [-0.15, -0.1) is 0 Å². The third kappa shape index (κ3) is 5.39. The Kier molecular flexibility index (Phi) is 6.58. The molecule has 0 spiro atoms. The van der Waals surface area contributed by atoms with E-state index in [9.17, 15) is 14.4 Å². The Balaban J connectivity index is 4.36. The number of guanidine groups is 1. The molecule has 0 aliphatic rings. The van der Waals surface area contributed by atoms with Crippen LogP contribution in [0.25, 0.3) is 0 Å². The molecule has 7 N–H and O–H groups in total. The lowest BCUT2D eigenvalue weighted by Gasteiger charge is -2.13. The highest BCUT2D eigenvalue weighted by atomic mass is 16.4. The van der Waals surface area contributed by atoms with Crippen LogP contribution in [0.15, 0.2) is 4.99 Å². The second kappa shape index (κ2) is 7.38. The number of aliphatic carboxylic acids is 1. The zero-order valence-electron chi connectivity index (χ0n) is 10.1. The molecular weight excluding hydrogens is 240 g/mol. The van der Waals surface area contributed by atoms with Gasteiger partial charge in [-0.3, -0.25) is 19.4 Å². The van der Waals surface area contributed by atoms with Gasteiger partial charge >= 0.3 is 5.97 Å². The zero-order chi connectivity index (χ0) is 14.3. The van der Waals surface area contributed by atoms with E-state index in [0.717, 1.165) is 6.92 Å². The van der Waals surface area contributed by atoms with Crippen molar-refractivity contribution in [2.75, 3.05) is 6.54 Å². The largest absolute Gasteiger partial charge is 0.480 e. The summed E-state index contributed by atoms with van der Waals surface area (Å²) in [6.45, 7) is 1.34. The highest BCUT2D eigenvalue weighted by Crippen LogP contribution is 2.07. The van der Waals surface area contributed by atoms with Gasteiger partial charge in [0.25, 0.3) is 0 Å². The number of aliphatic imine (C=N–C) groups is 1. The van der Waals surface area contributed by atoms with Crippen LogP contribution in [-0.4, -0.2) is 41.2 Å². The highest BCUT2D eigenvalue weighted by molar-refractivity contribution is 6.17. The number of rotatable bonds is 8. The first-order valence-electron chi connectivity index (χ1n) is 5.35. The standard InChI is InChI=1S/C10H18N4O4/c1-5(15)7(9(17)18)8(16)6(11)3-2-4-14-10(12)13/h6-7H,2-4,11H2,1H3,(H,17,18)(H4,12,13,14). The van der Waals surface area contributed by atoms with Gasteiger partial charge in [-0.05, 0) is 19.8 Å². The van der Waals surface area contributed by atoms with Gasteiger partial charge in [0.2, 0.25) is 0 Å².